The molecule has 0 aromatic heterocycles. The zero-order valence-corrected chi connectivity index (χ0v) is 16.8. The molecule has 1 heterocycles. The van der Waals surface area contributed by atoms with Gasteiger partial charge in [-0.15, -0.1) is 0 Å². The van der Waals surface area contributed by atoms with E-state index in [1.807, 2.05) is 25.1 Å². The van der Waals surface area contributed by atoms with Crippen LogP contribution in [0.15, 0.2) is 48.5 Å². The van der Waals surface area contributed by atoms with Gasteiger partial charge in [-0.05, 0) is 48.9 Å². The average Bonchev–Trinajstić information content (AvgIpc) is 2.73. The Hall–Kier alpha value is -2.60. The van der Waals surface area contributed by atoms with Gasteiger partial charge in [0, 0.05) is 45.5 Å². The van der Waals surface area contributed by atoms with Crippen LogP contribution < -0.4 is 9.64 Å². The summed E-state index contributed by atoms with van der Waals surface area (Å²) < 4.78 is 18.6. The van der Waals surface area contributed by atoms with Crippen molar-refractivity contribution < 1.29 is 13.9 Å². The van der Waals surface area contributed by atoms with Crippen LogP contribution in [0.25, 0.3) is 0 Å². The van der Waals surface area contributed by atoms with Crippen LogP contribution in [0.3, 0.4) is 0 Å². The number of benzene rings is 2. The maximum Gasteiger partial charge on any atom is 0.239 e. The first-order chi connectivity index (χ1) is 13.5. The van der Waals surface area contributed by atoms with Crippen molar-refractivity contribution >= 4 is 11.6 Å². The molecule has 0 radical (unpaired) electrons. The van der Waals surface area contributed by atoms with Gasteiger partial charge in [0.2, 0.25) is 5.91 Å². The SMILES string of the molecule is COc1ccc(N2CCN([C@H](C)C(=O)N(C)Cc3cccc(F)c3)CC2)cc1. The number of carbonyl (C=O) groups excluding carboxylic acids is 1. The highest BCUT2D eigenvalue weighted by Gasteiger charge is 2.27. The number of anilines is 1. The van der Waals surface area contributed by atoms with Crippen molar-refractivity contribution in [1.82, 2.24) is 9.80 Å². The van der Waals surface area contributed by atoms with Crippen molar-refractivity contribution in [2.45, 2.75) is 19.5 Å². The fourth-order valence-electron chi connectivity index (χ4n) is 3.62. The maximum atomic E-state index is 13.4. The van der Waals surface area contributed by atoms with Crippen molar-refractivity contribution in [3.8, 4) is 5.75 Å². The number of halogens is 1. The molecular weight excluding hydrogens is 357 g/mol. The van der Waals surface area contributed by atoms with E-state index < -0.39 is 0 Å². The summed E-state index contributed by atoms with van der Waals surface area (Å²) in [5, 5.41) is 0. The van der Waals surface area contributed by atoms with E-state index in [1.54, 1.807) is 25.1 Å². The number of hydrogen-bond donors (Lipinski definition) is 0. The largest absolute Gasteiger partial charge is 0.497 e. The molecule has 1 amide bonds. The van der Waals surface area contributed by atoms with Gasteiger partial charge < -0.3 is 14.5 Å². The molecule has 0 unspecified atom stereocenters. The minimum absolute atomic E-state index is 0.0576. The van der Waals surface area contributed by atoms with E-state index in [-0.39, 0.29) is 17.8 Å². The van der Waals surface area contributed by atoms with Crippen LogP contribution in [-0.4, -0.2) is 62.1 Å². The molecule has 1 aliphatic rings. The third-order valence-electron chi connectivity index (χ3n) is 5.34. The van der Waals surface area contributed by atoms with Crippen LogP contribution >= 0.6 is 0 Å². The molecule has 2 aromatic carbocycles. The molecule has 1 aliphatic heterocycles. The number of likely N-dealkylation sites (N-methyl/N-ethyl adjacent to an activating group) is 1. The van der Waals surface area contributed by atoms with Crippen molar-refractivity contribution in [2.24, 2.45) is 0 Å². The fourth-order valence-corrected chi connectivity index (χ4v) is 3.62. The van der Waals surface area contributed by atoms with Gasteiger partial charge in [-0.25, -0.2) is 4.39 Å². The van der Waals surface area contributed by atoms with Gasteiger partial charge in [0.25, 0.3) is 0 Å². The van der Waals surface area contributed by atoms with Gasteiger partial charge in [-0.3, -0.25) is 9.69 Å². The lowest BCUT2D eigenvalue weighted by molar-refractivity contribution is -0.135. The molecule has 0 bridgehead atoms. The first-order valence-corrected chi connectivity index (χ1v) is 9.60. The molecule has 0 aliphatic carbocycles. The van der Waals surface area contributed by atoms with Crippen molar-refractivity contribution in [1.29, 1.82) is 0 Å². The molecule has 6 heteroatoms. The highest BCUT2D eigenvalue weighted by molar-refractivity contribution is 5.81. The van der Waals surface area contributed by atoms with Gasteiger partial charge >= 0.3 is 0 Å². The Balaban J connectivity index is 1.53. The third kappa shape index (κ3) is 4.81. The Morgan fingerprint density at radius 2 is 1.82 bits per heavy atom. The van der Waals surface area contributed by atoms with E-state index in [0.29, 0.717) is 6.54 Å². The summed E-state index contributed by atoms with van der Waals surface area (Å²) in [6.07, 6.45) is 0. The number of piperazine rings is 1. The molecule has 3 rings (SSSR count). The Bertz CT molecular complexity index is 789. The van der Waals surface area contributed by atoms with Gasteiger partial charge in [0.05, 0.1) is 13.2 Å². The van der Waals surface area contributed by atoms with E-state index in [9.17, 15) is 9.18 Å². The Labute approximate surface area is 166 Å². The summed E-state index contributed by atoms with van der Waals surface area (Å²) in [6, 6.07) is 14.3. The monoisotopic (exact) mass is 385 g/mol. The van der Waals surface area contributed by atoms with Gasteiger partial charge in [-0.2, -0.15) is 0 Å². The summed E-state index contributed by atoms with van der Waals surface area (Å²) in [5.41, 5.74) is 1.97. The zero-order valence-electron chi connectivity index (χ0n) is 16.8. The zero-order chi connectivity index (χ0) is 20.1. The molecule has 0 saturated carbocycles. The van der Waals surface area contributed by atoms with E-state index in [4.69, 9.17) is 4.74 Å². The Kier molecular flexibility index (Phi) is 6.52. The number of methoxy groups -OCH3 is 1. The van der Waals surface area contributed by atoms with Crippen LogP contribution in [0, 0.1) is 5.82 Å². The molecule has 5 nitrogen and oxygen atoms in total. The minimum atomic E-state index is -0.277. The highest BCUT2D eigenvalue weighted by Crippen LogP contribution is 2.21. The quantitative estimate of drug-likeness (QED) is 0.766. The molecule has 1 fully saturated rings. The first kappa shape index (κ1) is 20.1. The number of nitrogens with zero attached hydrogens (tertiary/aromatic N) is 3. The van der Waals surface area contributed by atoms with E-state index >= 15 is 0 Å². The number of carbonyl (C=O) groups is 1. The van der Waals surface area contributed by atoms with Crippen LogP contribution in [0.5, 0.6) is 5.75 Å². The lowest BCUT2D eigenvalue weighted by Gasteiger charge is -2.39. The van der Waals surface area contributed by atoms with Crippen molar-refractivity contribution in [3.05, 3.63) is 59.9 Å². The van der Waals surface area contributed by atoms with E-state index in [1.165, 1.54) is 17.8 Å². The maximum absolute atomic E-state index is 13.4. The first-order valence-electron chi connectivity index (χ1n) is 9.60. The van der Waals surface area contributed by atoms with Crippen LogP contribution in [0.4, 0.5) is 10.1 Å². The van der Waals surface area contributed by atoms with E-state index in [2.05, 4.69) is 21.9 Å². The topological polar surface area (TPSA) is 36.0 Å². The number of rotatable bonds is 6. The van der Waals surface area contributed by atoms with Gasteiger partial charge in [0.1, 0.15) is 11.6 Å². The lowest BCUT2D eigenvalue weighted by Crippen LogP contribution is -2.54. The second-order valence-corrected chi connectivity index (χ2v) is 7.22. The van der Waals surface area contributed by atoms with E-state index in [0.717, 1.165) is 37.5 Å². The molecular formula is C22H28FN3O2. The van der Waals surface area contributed by atoms with Gasteiger partial charge in [-0.1, -0.05) is 12.1 Å². The number of amides is 1. The van der Waals surface area contributed by atoms with Gasteiger partial charge in [0.15, 0.2) is 0 Å². The lowest BCUT2D eigenvalue weighted by atomic mass is 10.1. The Morgan fingerprint density at radius 1 is 1.14 bits per heavy atom. The van der Waals surface area contributed by atoms with Crippen LogP contribution in [0.2, 0.25) is 0 Å². The predicted molar refractivity (Wildman–Crippen MR) is 109 cm³/mol. The molecule has 0 spiro atoms. The summed E-state index contributed by atoms with van der Waals surface area (Å²) in [7, 11) is 3.44. The summed E-state index contributed by atoms with van der Waals surface area (Å²) in [5.74, 6) is 0.631. The highest BCUT2D eigenvalue weighted by atomic mass is 19.1. The predicted octanol–water partition coefficient (Wildman–Crippen LogP) is 3.00. The molecule has 1 atom stereocenters. The van der Waals surface area contributed by atoms with Crippen LogP contribution in [0.1, 0.15) is 12.5 Å². The third-order valence-corrected chi connectivity index (χ3v) is 5.34. The molecule has 150 valence electrons. The molecule has 1 saturated heterocycles. The standard InChI is InChI=1S/C22H28FN3O2/c1-17(22(27)24(2)16-18-5-4-6-19(23)15-18)25-11-13-26(14-12-25)20-7-9-21(28-3)10-8-20/h4-10,15,17H,11-14,16H2,1-3H3/t17-/m1/s1. The minimum Gasteiger partial charge on any atom is -0.497 e. The van der Waals surface area contributed by atoms with Crippen LogP contribution in [-0.2, 0) is 11.3 Å². The van der Waals surface area contributed by atoms with Crippen molar-refractivity contribution in [2.75, 3.05) is 45.2 Å². The smallest absolute Gasteiger partial charge is 0.239 e. The fraction of sp³-hybridized carbons (Fsp3) is 0.409. The summed E-state index contributed by atoms with van der Waals surface area (Å²) in [4.78, 5) is 19.0. The Morgan fingerprint density at radius 3 is 2.43 bits per heavy atom. The number of ether oxygens (including phenoxy) is 1. The van der Waals surface area contributed by atoms with Crippen molar-refractivity contribution in [3.63, 3.8) is 0 Å². The molecule has 28 heavy (non-hydrogen) atoms. The second kappa shape index (κ2) is 9.06. The second-order valence-electron chi connectivity index (χ2n) is 7.22. The number of hydrogen-bond acceptors (Lipinski definition) is 4. The molecule has 0 N–H and O–H groups in total. The summed E-state index contributed by atoms with van der Waals surface area (Å²) >= 11 is 0. The average molecular weight is 385 g/mol. The normalized spacial score (nSPS) is 15.9. The molecule has 2 aromatic rings. The summed E-state index contributed by atoms with van der Waals surface area (Å²) in [6.45, 7) is 5.76.